The van der Waals surface area contributed by atoms with Crippen molar-refractivity contribution in [3.8, 4) is 0 Å². The van der Waals surface area contributed by atoms with Crippen LogP contribution in [0.1, 0.15) is 30.9 Å². The van der Waals surface area contributed by atoms with Crippen LogP contribution in [0.3, 0.4) is 0 Å². The highest BCUT2D eigenvalue weighted by Gasteiger charge is 2.43. The van der Waals surface area contributed by atoms with Crippen molar-refractivity contribution >= 4 is 11.7 Å². The summed E-state index contributed by atoms with van der Waals surface area (Å²) in [5, 5.41) is 13.0. The Labute approximate surface area is 133 Å². The molecule has 0 bridgehead atoms. The first-order valence-corrected chi connectivity index (χ1v) is 7.39. The third kappa shape index (κ3) is 2.79. The van der Waals surface area contributed by atoms with E-state index in [1.54, 1.807) is 25.1 Å². The number of allylic oxidation sites excluding steroid dienone is 2. The zero-order valence-electron chi connectivity index (χ0n) is 12.6. The van der Waals surface area contributed by atoms with E-state index in [4.69, 9.17) is 0 Å². The van der Waals surface area contributed by atoms with Gasteiger partial charge in [0.2, 0.25) is 0 Å². The van der Waals surface area contributed by atoms with Crippen LogP contribution in [0.5, 0.6) is 0 Å². The summed E-state index contributed by atoms with van der Waals surface area (Å²) in [6, 6.07) is 5.72. The standard InChI is InChI=1S/C18H17F2NO2/c1-17(9-5-2-6-10-17)21-16(23)13-11-18(19,20)14-8-4-3-7-12(14)15(13)22/h2-9,22H,10-11H2,1H3,(H,21,23). The number of rotatable bonds is 2. The maximum atomic E-state index is 14.3. The van der Waals surface area contributed by atoms with Crippen molar-refractivity contribution in [2.75, 3.05) is 0 Å². The third-order valence-corrected chi connectivity index (χ3v) is 4.19. The molecule has 5 heteroatoms. The van der Waals surface area contributed by atoms with E-state index >= 15 is 0 Å². The number of aliphatic hydroxyl groups is 1. The predicted octanol–water partition coefficient (Wildman–Crippen LogP) is 3.84. The second-order valence-corrected chi connectivity index (χ2v) is 6.12. The van der Waals surface area contributed by atoms with Crippen molar-refractivity contribution in [3.63, 3.8) is 0 Å². The van der Waals surface area contributed by atoms with Gasteiger partial charge in [-0.05, 0) is 13.3 Å². The van der Waals surface area contributed by atoms with Crippen LogP contribution in [0, 0.1) is 0 Å². The summed E-state index contributed by atoms with van der Waals surface area (Å²) in [6.07, 6.45) is 7.10. The molecule has 0 saturated heterocycles. The molecule has 1 atom stereocenters. The molecule has 0 fully saturated rings. The van der Waals surface area contributed by atoms with Gasteiger partial charge < -0.3 is 10.4 Å². The van der Waals surface area contributed by atoms with Crippen LogP contribution in [0.15, 0.2) is 54.1 Å². The van der Waals surface area contributed by atoms with E-state index < -0.39 is 23.8 Å². The number of fused-ring (bicyclic) bond motifs is 1. The minimum Gasteiger partial charge on any atom is -0.507 e. The molecule has 0 aliphatic heterocycles. The maximum absolute atomic E-state index is 14.3. The largest absolute Gasteiger partial charge is 0.507 e. The molecule has 0 heterocycles. The number of aliphatic hydroxyl groups excluding tert-OH is 1. The number of benzene rings is 1. The number of nitrogens with one attached hydrogen (secondary N) is 1. The molecule has 1 aromatic rings. The molecule has 2 aliphatic carbocycles. The first-order chi connectivity index (χ1) is 10.8. The van der Waals surface area contributed by atoms with E-state index in [-0.39, 0.29) is 22.5 Å². The first-order valence-electron chi connectivity index (χ1n) is 7.39. The van der Waals surface area contributed by atoms with E-state index in [1.165, 1.54) is 18.2 Å². The lowest BCUT2D eigenvalue weighted by Gasteiger charge is -2.31. The molecule has 0 saturated carbocycles. The molecule has 0 radical (unpaired) electrons. The molecule has 3 rings (SSSR count). The number of alkyl halides is 2. The Morgan fingerprint density at radius 1 is 1.26 bits per heavy atom. The minimum atomic E-state index is -3.18. The SMILES string of the molecule is CC1(NC(=O)C2=C(O)c3ccccc3C(F)(F)C2)C=CC=CC1. The van der Waals surface area contributed by atoms with Crippen LogP contribution in [0.2, 0.25) is 0 Å². The second-order valence-electron chi connectivity index (χ2n) is 6.12. The smallest absolute Gasteiger partial charge is 0.278 e. The Balaban J connectivity index is 1.95. The fourth-order valence-electron chi connectivity index (χ4n) is 2.91. The Kier molecular flexibility index (Phi) is 3.59. The Hall–Kier alpha value is -2.43. The van der Waals surface area contributed by atoms with E-state index in [0.29, 0.717) is 6.42 Å². The van der Waals surface area contributed by atoms with Crippen LogP contribution in [0.25, 0.3) is 5.76 Å². The summed E-state index contributed by atoms with van der Waals surface area (Å²) < 4.78 is 28.6. The molecule has 23 heavy (non-hydrogen) atoms. The zero-order valence-corrected chi connectivity index (χ0v) is 12.6. The number of hydrogen-bond donors (Lipinski definition) is 2. The number of hydrogen-bond acceptors (Lipinski definition) is 2. The third-order valence-electron chi connectivity index (χ3n) is 4.19. The van der Waals surface area contributed by atoms with Crippen LogP contribution in [0.4, 0.5) is 8.78 Å². The van der Waals surface area contributed by atoms with Crippen LogP contribution in [-0.4, -0.2) is 16.6 Å². The topological polar surface area (TPSA) is 49.3 Å². The zero-order chi connectivity index (χ0) is 16.7. The Morgan fingerprint density at radius 3 is 2.70 bits per heavy atom. The lowest BCUT2D eigenvalue weighted by Crippen LogP contribution is -2.46. The molecule has 1 aromatic carbocycles. The summed E-state index contributed by atoms with van der Waals surface area (Å²) in [7, 11) is 0. The fraction of sp³-hybridized carbons (Fsp3) is 0.278. The lowest BCUT2D eigenvalue weighted by atomic mass is 9.86. The van der Waals surface area contributed by atoms with Gasteiger partial charge in [-0.2, -0.15) is 0 Å². The average molecular weight is 317 g/mol. The van der Waals surface area contributed by atoms with Crippen molar-refractivity contribution in [1.29, 1.82) is 0 Å². The fourth-order valence-corrected chi connectivity index (χ4v) is 2.91. The number of carbonyl (C=O) groups excluding carboxylic acids is 1. The molecular weight excluding hydrogens is 300 g/mol. The van der Waals surface area contributed by atoms with Crippen molar-refractivity contribution in [2.45, 2.75) is 31.2 Å². The van der Waals surface area contributed by atoms with Gasteiger partial charge in [0.05, 0.1) is 17.5 Å². The van der Waals surface area contributed by atoms with Gasteiger partial charge in [0.25, 0.3) is 11.8 Å². The number of carbonyl (C=O) groups is 1. The van der Waals surface area contributed by atoms with Crippen LogP contribution >= 0.6 is 0 Å². The van der Waals surface area contributed by atoms with Crippen LogP contribution in [-0.2, 0) is 10.7 Å². The minimum absolute atomic E-state index is 0.0122. The van der Waals surface area contributed by atoms with E-state index in [2.05, 4.69) is 5.32 Å². The van der Waals surface area contributed by atoms with Crippen molar-refractivity contribution in [2.24, 2.45) is 0 Å². The summed E-state index contributed by atoms with van der Waals surface area (Å²) in [5.41, 5.74) is -1.16. The quantitative estimate of drug-likeness (QED) is 0.870. The van der Waals surface area contributed by atoms with Gasteiger partial charge in [-0.25, -0.2) is 8.78 Å². The number of amides is 1. The first kappa shape index (κ1) is 15.5. The van der Waals surface area contributed by atoms with Gasteiger partial charge in [-0.3, -0.25) is 4.79 Å². The predicted molar refractivity (Wildman–Crippen MR) is 83.9 cm³/mol. The highest BCUT2D eigenvalue weighted by Crippen LogP contribution is 2.44. The van der Waals surface area contributed by atoms with Gasteiger partial charge >= 0.3 is 0 Å². The van der Waals surface area contributed by atoms with E-state index in [0.717, 1.165) is 0 Å². The summed E-state index contributed by atoms with van der Waals surface area (Å²) in [5.74, 6) is -4.22. The Morgan fingerprint density at radius 2 is 2.00 bits per heavy atom. The van der Waals surface area contributed by atoms with Gasteiger partial charge in [0, 0.05) is 11.1 Å². The van der Waals surface area contributed by atoms with Gasteiger partial charge in [-0.15, -0.1) is 0 Å². The summed E-state index contributed by atoms with van der Waals surface area (Å²) >= 11 is 0. The molecule has 3 nitrogen and oxygen atoms in total. The van der Waals surface area contributed by atoms with Crippen LogP contribution < -0.4 is 5.32 Å². The van der Waals surface area contributed by atoms with Gasteiger partial charge in [0.15, 0.2) is 0 Å². The molecule has 0 aromatic heterocycles. The van der Waals surface area contributed by atoms with Crippen molar-refractivity contribution < 1.29 is 18.7 Å². The molecule has 120 valence electrons. The molecule has 0 spiro atoms. The summed E-state index contributed by atoms with van der Waals surface area (Å²) in [6.45, 7) is 1.80. The highest BCUT2D eigenvalue weighted by atomic mass is 19.3. The van der Waals surface area contributed by atoms with Crippen molar-refractivity contribution in [1.82, 2.24) is 5.32 Å². The van der Waals surface area contributed by atoms with E-state index in [1.807, 2.05) is 12.2 Å². The Bertz CT molecular complexity index is 749. The monoisotopic (exact) mass is 317 g/mol. The van der Waals surface area contributed by atoms with Crippen molar-refractivity contribution in [3.05, 3.63) is 65.3 Å². The molecule has 2 aliphatic rings. The lowest BCUT2D eigenvalue weighted by molar-refractivity contribution is -0.120. The average Bonchev–Trinajstić information content (AvgIpc) is 2.51. The van der Waals surface area contributed by atoms with Gasteiger partial charge in [-0.1, -0.05) is 48.6 Å². The van der Waals surface area contributed by atoms with E-state index in [9.17, 15) is 18.7 Å². The number of halogens is 2. The normalized spacial score (nSPS) is 25.2. The second kappa shape index (κ2) is 5.33. The molecule has 1 amide bonds. The highest BCUT2D eigenvalue weighted by molar-refractivity contribution is 6.01. The van der Waals surface area contributed by atoms with Gasteiger partial charge in [0.1, 0.15) is 5.76 Å². The molecule has 2 N–H and O–H groups in total. The maximum Gasteiger partial charge on any atom is 0.278 e. The summed E-state index contributed by atoms with van der Waals surface area (Å²) in [4.78, 5) is 12.5. The molecule has 1 unspecified atom stereocenters. The molecular formula is C18H17F2NO2.